The normalized spacial score (nSPS) is 15.4. The smallest absolute Gasteiger partial charge is 0.237 e. The van der Waals surface area contributed by atoms with E-state index in [1.807, 2.05) is 20.8 Å². The molecule has 0 aromatic heterocycles. The molecule has 18 heavy (non-hydrogen) atoms. The summed E-state index contributed by atoms with van der Waals surface area (Å²) in [7, 11) is 0. The number of rotatable bonds is 9. The highest BCUT2D eigenvalue weighted by Gasteiger charge is 2.30. The Bertz CT molecular complexity index is 253. The van der Waals surface area contributed by atoms with E-state index < -0.39 is 5.54 Å². The zero-order valence-electron chi connectivity index (χ0n) is 12.9. The van der Waals surface area contributed by atoms with E-state index in [1.54, 1.807) is 0 Å². The minimum Gasteiger partial charge on any atom is -0.368 e. The number of nitrogens with two attached hydrogens (primary N) is 1. The first-order valence-corrected chi connectivity index (χ1v) is 7.04. The Kier molecular flexibility index (Phi) is 7.48. The van der Waals surface area contributed by atoms with E-state index in [1.165, 1.54) is 0 Å². The third kappa shape index (κ3) is 5.83. The lowest BCUT2D eigenvalue weighted by molar-refractivity contribution is -0.124. The summed E-state index contributed by atoms with van der Waals surface area (Å²) in [5.41, 5.74) is 4.92. The summed E-state index contributed by atoms with van der Waals surface area (Å²) in [6.07, 6.45) is 1.76. The van der Waals surface area contributed by atoms with E-state index in [-0.39, 0.29) is 11.9 Å². The molecule has 0 aliphatic rings. The van der Waals surface area contributed by atoms with Gasteiger partial charge in [0.1, 0.15) is 0 Å². The zero-order valence-corrected chi connectivity index (χ0v) is 12.9. The van der Waals surface area contributed by atoms with Gasteiger partial charge in [-0.25, -0.2) is 0 Å². The van der Waals surface area contributed by atoms with Crippen molar-refractivity contribution in [3.8, 4) is 0 Å². The molecular formula is C14H31N3O. The van der Waals surface area contributed by atoms with Crippen molar-refractivity contribution in [2.24, 2.45) is 5.73 Å². The summed E-state index contributed by atoms with van der Waals surface area (Å²) in [5, 5.41) is 3.28. The van der Waals surface area contributed by atoms with Crippen molar-refractivity contribution in [1.82, 2.24) is 10.2 Å². The van der Waals surface area contributed by atoms with Gasteiger partial charge in [0.15, 0.2) is 0 Å². The predicted molar refractivity (Wildman–Crippen MR) is 77.5 cm³/mol. The number of carbonyl (C=O) groups is 1. The molecule has 0 saturated carbocycles. The van der Waals surface area contributed by atoms with Crippen LogP contribution in [-0.4, -0.2) is 41.5 Å². The lowest BCUT2D eigenvalue weighted by Crippen LogP contribution is -2.55. The van der Waals surface area contributed by atoms with Crippen molar-refractivity contribution in [2.75, 3.05) is 13.1 Å². The number of carbonyl (C=O) groups excluding carboxylic acids is 1. The topological polar surface area (TPSA) is 58.4 Å². The van der Waals surface area contributed by atoms with E-state index in [0.717, 1.165) is 25.9 Å². The molecule has 0 aromatic rings. The SMILES string of the molecule is CCN(CCCC(C)(NC(C)C)C(N)=O)C(C)C. The molecule has 0 rings (SSSR count). The average molecular weight is 257 g/mol. The molecule has 0 radical (unpaired) electrons. The highest BCUT2D eigenvalue weighted by molar-refractivity contribution is 5.84. The second-order valence-corrected chi connectivity index (χ2v) is 5.82. The minimum atomic E-state index is -0.593. The van der Waals surface area contributed by atoms with Crippen LogP contribution >= 0.6 is 0 Å². The van der Waals surface area contributed by atoms with Crippen LogP contribution in [0, 0.1) is 0 Å². The Balaban J connectivity index is 4.32. The maximum Gasteiger partial charge on any atom is 0.237 e. The van der Waals surface area contributed by atoms with Crippen LogP contribution in [0.5, 0.6) is 0 Å². The fraction of sp³-hybridized carbons (Fsp3) is 0.929. The molecule has 0 bridgehead atoms. The van der Waals surface area contributed by atoms with E-state index in [9.17, 15) is 4.79 Å². The molecule has 0 spiro atoms. The molecule has 0 heterocycles. The zero-order chi connectivity index (χ0) is 14.3. The molecule has 1 unspecified atom stereocenters. The van der Waals surface area contributed by atoms with Crippen LogP contribution < -0.4 is 11.1 Å². The molecule has 0 aliphatic heterocycles. The second-order valence-electron chi connectivity index (χ2n) is 5.82. The summed E-state index contributed by atoms with van der Waals surface area (Å²) < 4.78 is 0. The Morgan fingerprint density at radius 1 is 1.33 bits per heavy atom. The van der Waals surface area contributed by atoms with E-state index in [4.69, 9.17) is 5.73 Å². The van der Waals surface area contributed by atoms with Crippen molar-refractivity contribution >= 4 is 5.91 Å². The molecule has 4 heteroatoms. The van der Waals surface area contributed by atoms with Gasteiger partial charge in [-0.2, -0.15) is 0 Å². The molecule has 108 valence electrons. The lowest BCUT2D eigenvalue weighted by Gasteiger charge is -2.31. The standard InChI is InChI=1S/C14H31N3O/c1-7-17(12(4)5)10-8-9-14(6,13(15)18)16-11(2)3/h11-12,16H,7-10H2,1-6H3,(H2,15,18). The van der Waals surface area contributed by atoms with Gasteiger partial charge in [0.05, 0.1) is 5.54 Å². The number of nitrogens with zero attached hydrogens (tertiary/aromatic N) is 1. The van der Waals surface area contributed by atoms with Crippen molar-refractivity contribution in [1.29, 1.82) is 0 Å². The van der Waals surface area contributed by atoms with E-state index in [2.05, 4.69) is 31.0 Å². The number of hydrogen-bond acceptors (Lipinski definition) is 3. The molecule has 3 N–H and O–H groups in total. The molecule has 1 amide bonds. The monoisotopic (exact) mass is 257 g/mol. The summed E-state index contributed by atoms with van der Waals surface area (Å²) in [6, 6.07) is 0.808. The Hall–Kier alpha value is -0.610. The van der Waals surface area contributed by atoms with Crippen LogP contribution in [-0.2, 0) is 4.79 Å². The summed E-state index contributed by atoms with van der Waals surface area (Å²) in [5.74, 6) is -0.260. The minimum absolute atomic E-state index is 0.259. The van der Waals surface area contributed by atoms with Crippen molar-refractivity contribution in [3.63, 3.8) is 0 Å². The Morgan fingerprint density at radius 2 is 1.89 bits per heavy atom. The van der Waals surface area contributed by atoms with Gasteiger partial charge in [-0.05, 0) is 60.5 Å². The highest BCUT2D eigenvalue weighted by Crippen LogP contribution is 2.14. The number of hydrogen-bond donors (Lipinski definition) is 2. The largest absolute Gasteiger partial charge is 0.368 e. The number of amides is 1. The van der Waals surface area contributed by atoms with Gasteiger partial charge in [0.2, 0.25) is 5.91 Å². The lowest BCUT2D eigenvalue weighted by atomic mass is 9.93. The summed E-state index contributed by atoms with van der Waals surface area (Å²) in [4.78, 5) is 14.0. The fourth-order valence-corrected chi connectivity index (χ4v) is 2.32. The van der Waals surface area contributed by atoms with E-state index >= 15 is 0 Å². The van der Waals surface area contributed by atoms with Gasteiger partial charge < -0.3 is 16.0 Å². The fourth-order valence-electron chi connectivity index (χ4n) is 2.32. The molecule has 0 aliphatic carbocycles. The van der Waals surface area contributed by atoms with Gasteiger partial charge in [-0.1, -0.05) is 6.92 Å². The van der Waals surface area contributed by atoms with Crippen LogP contribution in [0.3, 0.4) is 0 Å². The third-order valence-corrected chi connectivity index (χ3v) is 3.41. The van der Waals surface area contributed by atoms with Gasteiger partial charge in [0.25, 0.3) is 0 Å². The maximum absolute atomic E-state index is 11.6. The van der Waals surface area contributed by atoms with E-state index in [0.29, 0.717) is 6.04 Å². The first-order chi connectivity index (χ1) is 8.23. The molecular weight excluding hydrogens is 226 g/mol. The molecule has 0 aromatic carbocycles. The molecule has 1 atom stereocenters. The average Bonchev–Trinajstić information content (AvgIpc) is 2.22. The maximum atomic E-state index is 11.6. The summed E-state index contributed by atoms with van der Waals surface area (Å²) in [6.45, 7) is 14.6. The van der Waals surface area contributed by atoms with Gasteiger partial charge in [0, 0.05) is 12.1 Å². The number of primary amides is 1. The number of nitrogens with one attached hydrogen (secondary N) is 1. The third-order valence-electron chi connectivity index (χ3n) is 3.41. The predicted octanol–water partition coefficient (Wildman–Crippen LogP) is 1.74. The first-order valence-electron chi connectivity index (χ1n) is 7.04. The van der Waals surface area contributed by atoms with Gasteiger partial charge in [-0.3, -0.25) is 4.79 Å². The molecule has 4 nitrogen and oxygen atoms in total. The van der Waals surface area contributed by atoms with Gasteiger partial charge >= 0.3 is 0 Å². The van der Waals surface area contributed by atoms with Crippen LogP contribution in [0.15, 0.2) is 0 Å². The molecule has 0 fully saturated rings. The van der Waals surface area contributed by atoms with Crippen LogP contribution in [0.1, 0.15) is 54.4 Å². The Labute approximate surface area is 112 Å². The van der Waals surface area contributed by atoms with Crippen LogP contribution in [0.25, 0.3) is 0 Å². The quantitative estimate of drug-likeness (QED) is 0.661. The highest BCUT2D eigenvalue weighted by atomic mass is 16.1. The second kappa shape index (κ2) is 7.74. The Morgan fingerprint density at radius 3 is 2.22 bits per heavy atom. The summed E-state index contributed by atoms with van der Waals surface area (Å²) >= 11 is 0. The molecule has 0 saturated heterocycles. The first kappa shape index (κ1) is 17.4. The van der Waals surface area contributed by atoms with Crippen molar-refractivity contribution in [2.45, 2.75) is 72.0 Å². The van der Waals surface area contributed by atoms with Crippen molar-refractivity contribution in [3.05, 3.63) is 0 Å². The van der Waals surface area contributed by atoms with Gasteiger partial charge in [-0.15, -0.1) is 0 Å². The van der Waals surface area contributed by atoms with Crippen LogP contribution in [0.2, 0.25) is 0 Å². The van der Waals surface area contributed by atoms with Crippen molar-refractivity contribution < 1.29 is 4.79 Å². The van der Waals surface area contributed by atoms with Crippen LogP contribution in [0.4, 0.5) is 0 Å².